The summed E-state index contributed by atoms with van der Waals surface area (Å²) in [6.07, 6.45) is 1.62. The fourth-order valence-electron chi connectivity index (χ4n) is 3.75. The van der Waals surface area contributed by atoms with Crippen molar-refractivity contribution in [1.82, 2.24) is 4.90 Å². The predicted octanol–water partition coefficient (Wildman–Crippen LogP) is 2.75. The number of fused-ring (bicyclic) bond motifs is 1. The van der Waals surface area contributed by atoms with Crippen LogP contribution in [0, 0.1) is 0 Å². The maximum absolute atomic E-state index is 12.9. The van der Waals surface area contributed by atoms with E-state index in [1.807, 2.05) is 29.2 Å². The highest BCUT2D eigenvalue weighted by Crippen LogP contribution is 2.33. The highest BCUT2D eigenvalue weighted by molar-refractivity contribution is 5.83. The largest absolute Gasteiger partial charge is 0.477 e. The summed E-state index contributed by atoms with van der Waals surface area (Å²) in [7, 11) is 0. The third kappa shape index (κ3) is 4.25. The van der Waals surface area contributed by atoms with Crippen molar-refractivity contribution in [2.75, 3.05) is 44.3 Å². The van der Waals surface area contributed by atoms with E-state index in [1.54, 1.807) is 0 Å². The first kappa shape index (κ1) is 17.9. The van der Waals surface area contributed by atoms with E-state index < -0.39 is 6.10 Å². The summed E-state index contributed by atoms with van der Waals surface area (Å²) in [5, 5.41) is 0. The van der Waals surface area contributed by atoms with Gasteiger partial charge in [-0.25, -0.2) is 0 Å². The first-order chi connectivity index (χ1) is 13.3. The third-order valence-corrected chi connectivity index (χ3v) is 5.20. The molecule has 1 amide bonds. The molecule has 5 nitrogen and oxygen atoms in total. The molecule has 0 aliphatic carbocycles. The van der Waals surface area contributed by atoms with Gasteiger partial charge in [-0.15, -0.1) is 0 Å². The van der Waals surface area contributed by atoms with E-state index in [9.17, 15) is 4.79 Å². The predicted molar refractivity (Wildman–Crippen MR) is 105 cm³/mol. The molecule has 1 saturated heterocycles. The van der Waals surface area contributed by atoms with Gasteiger partial charge >= 0.3 is 0 Å². The smallest absolute Gasteiger partial charge is 0.265 e. The molecule has 2 aliphatic rings. The van der Waals surface area contributed by atoms with Gasteiger partial charge in [-0.3, -0.25) is 4.79 Å². The molecule has 0 aromatic heterocycles. The Kier molecular flexibility index (Phi) is 5.58. The molecule has 0 spiro atoms. The van der Waals surface area contributed by atoms with Crippen LogP contribution < -0.4 is 9.64 Å². The molecule has 2 aliphatic heterocycles. The maximum Gasteiger partial charge on any atom is 0.265 e. The number of anilines is 1. The van der Waals surface area contributed by atoms with Crippen molar-refractivity contribution < 1.29 is 14.3 Å². The van der Waals surface area contributed by atoms with Crippen molar-refractivity contribution in [3.05, 3.63) is 60.2 Å². The second-order valence-corrected chi connectivity index (χ2v) is 7.05. The second kappa shape index (κ2) is 8.44. The topological polar surface area (TPSA) is 42.0 Å². The summed E-state index contributed by atoms with van der Waals surface area (Å²) in [6.45, 7) is 4.01. The Bertz CT molecular complexity index is 759. The van der Waals surface area contributed by atoms with Gasteiger partial charge in [-0.2, -0.15) is 0 Å². The Morgan fingerprint density at radius 1 is 1.00 bits per heavy atom. The number of para-hydroxylation sites is 2. The maximum atomic E-state index is 12.9. The molecule has 5 heteroatoms. The summed E-state index contributed by atoms with van der Waals surface area (Å²) in [5.74, 6) is 0.871. The van der Waals surface area contributed by atoms with Gasteiger partial charge in [0.25, 0.3) is 5.91 Å². The molecule has 142 valence electrons. The fraction of sp³-hybridized carbons (Fsp3) is 0.409. The van der Waals surface area contributed by atoms with Crippen LogP contribution in [-0.2, 0) is 16.0 Å². The Hall–Kier alpha value is -2.53. The Morgan fingerprint density at radius 2 is 1.74 bits per heavy atom. The first-order valence-corrected chi connectivity index (χ1v) is 9.72. The minimum atomic E-state index is -0.449. The fourth-order valence-corrected chi connectivity index (χ4v) is 3.75. The molecule has 0 saturated carbocycles. The number of morpholine rings is 1. The Labute approximate surface area is 160 Å². The van der Waals surface area contributed by atoms with E-state index in [2.05, 4.69) is 35.2 Å². The summed E-state index contributed by atoms with van der Waals surface area (Å²) in [5.41, 5.74) is 2.43. The van der Waals surface area contributed by atoms with Crippen molar-refractivity contribution >= 4 is 11.6 Å². The van der Waals surface area contributed by atoms with E-state index in [0.29, 0.717) is 32.8 Å². The van der Waals surface area contributed by atoms with Crippen LogP contribution >= 0.6 is 0 Å². The number of carbonyl (C=O) groups excluding carboxylic acids is 1. The summed E-state index contributed by atoms with van der Waals surface area (Å²) < 4.78 is 11.4. The molecule has 1 fully saturated rings. The second-order valence-electron chi connectivity index (χ2n) is 7.05. The van der Waals surface area contributed by atoms with Crippen LogP contribution in [-0.4, -0.2) is 56.3 Å². The lowest BCUT2D eigenvalue weighted by molar-refractivity contribution is -0.142. The molecule has 0 N–H and O–H groups in total. The van der Waals surface area contributed by atoms with Crippen LogP contribution in [0.5, 0.6) is 5.75 Å². The van der Waals surface area contributed by atoms with Gasteiger partial charge in [0, 0.05) is 19.6 Å². The van der Waals surface area contributed by atoms with E-state index in [0.717, 1.165) is 30.8 Å². The molecule has 4 rings (SSSR count). The third-order valence-electron chi connectivity index (χ3n) is 5.20. The van der Waals surface area contributed by atoms with Crippen LogP contribution in [0.15, 0.2) is 54.6 Å². The SMILES string of the molecule is O=C(C1CN(CCCc2ccccc2)c2ccccc2O1)N1CCOCC1. The zero-order valence-electron chi connectivity index (χ0n) is 15.5. The lowest BCUT2D eigenvalue weighted by atomic mass is 10.1. The zero-order chi connectivity index (χ0) is 18.5. The molecule has 1 atom stereocenters. The van der Waals surface area contributed by atoms with Gasteiger partial charge < -0.3 is 19.3 Å². The molecular formula is C22H26N2O3. The van der Waals surface area contributed by atoms with Crippen LogP contribution in [0.4, 0.5) is 5.69 Å². The van der Waals surface area contributed by atoms with Gasteiger partial charge in [0.1, 0.15) is 5.75 Å². The number of rotatable bonds is 5. The number of ether oxygens (including phenoxy) is 2. The first-order valence-electron chi connectivity index (χ1n) is 9.72. The Morgan fingerprint density at radius 3 is 2.56 bits per heavy atom. The van der Waals surface area contributed by atoms with Gasteiger partial charge in [0.2, 0.25) is 0 Å². The lowest BCUT2D eigenvalue weighted by Gasteiger charge is -2.38. The van der Waals surface area contributed by atoms with Crippen LogP contribution in [0.3, 0.4) is 0 Å². The number of hydrogen-bond donors (Lipinski definition) is 0. The average molecular weight is 366 g/mol. The molecule has 0 radical (unpaired) electrons. The number of benzene rings is 2. The lowest BCUT2D eigenvalue weighted by Crippen LogP contribution is -2.53. The standard InChI is InChI=1S/C22H26N2O3/c25-22(23-13-15-26-16-14-23)21-17-24(19-10-4-5-11-20(19)27-21)12-6-9-18-7-2-1-3-8-18/h1-5,7-8,10-11,21H,6,9,12-17H2. The summed E-state index contributed by atoms with van der Waals surface area (Å²) >= 11 is 0. The molecule has 2 heterocycles. The minimum Gasteiger partial charge on any atom is -0.477 e. The number of hydrogen-bond acceptors (Lipinski definition) is 4. The van der Waals surface area contributed by atoms with Gasteiger partial charge in [-0.05, 0) is 30.5 Å². The van der Waals surface area contributed by atoms with Crippen molar-refractivity contribution in [3.63, 3.8) is 0 Å². The van der Waals surface area contributed by atoms with E-state index in [1.165, 1.54) is 5.56 Å². The van der Waals surface area contributed by atoms with Crippen molar-refractivity contribution in [2.24, 2.45) is 0 Å². The normalized spacial score (nSPS) is 19.3. The van der Waals surface area contributed by atoms with Crippen molar-refractivity contribution in [1.29, 1.82) is 0 Å². The number of nitrogens with zero attached hydrogens (tertiary/aromatic N) is 2. The monoisotopic (exact) mass is 366 g/mol. The van der Waals surface area contributed by atoms with Crippen LogP contribution in [0.25, 0.3) is 0 Å². The summed E-state index contributed by atoms with van der Waals surface area (Å²) in [4.78, 5) is 17.1. The number of carbonyl (C=O) groups is 1. The van der Waals surface area contributed by atoms with Crippen molar-refractivity contribution in [3.8, 4) is 5.75 Å². The minimum absolute atomic E-state index is 0.0702. The molecule has 2 aromatic carbocycles. The highest BCUT2D eigenvalue weighted by Gasteiger charge is 2.33. The highest BCUT2D eigenvalue weighted by atomic mass is 16.5. The van der Waals surface area contributed by atoms with E-state index in [4.69, 9.17) is 9.47 Å². The van der Waals surface area contributed by atoms with Crippen LogP contribution in [0.2, 0.25) is 0 Å². The van der Waals surface area contributed by atoms with Gasteiger partial charge in [0.05, 0.1) is 25.4 Å². The zero-order valence-corrected chi connectivity index (χ0v) is 15.5. The summed E-state index contributed by atoms with van der Waals surface area (Å²) in [6, 6.07) is 18.6. The van der Waals surface area contributed by atoms with Crippen LogP contribution in [0.1, 0.15) is 12.0 Å². The number of aryl methyl sites for hydroxylation is 1. The van der Waals surface area contributed by atoms with Crippen molar-refractivity contribution in [2.45, 2.75) is 18.9 Å². The van der Waals surface area contributed by atoms with Gasteiger partial charge in [0.15, 0.2) is 6.10 Å². The molecule has 1 unspecified atom stereocenters. The number of amides is 1. The van der Waals surface area contributed by atoms with E-state index >= 15 is 0 Å². The molecule has 0 bridgehead atoms. The molecular weight excluding hydrogens is 340 g/mol. The Balaban J connectivity index is 1.44. The average Bonchev–Trinajstić information content (AvgIpc) is 2.74. The molecule has 27 heavy (non-hydrogen) atoms. The van der Waals surface area contributed by atoms with Gasteiger partial charge in [-0.1, -0.05) is 42.5 Å². The molecule has 2 aromatic rings. The van der Waals surface area contributed by atoms with E-state index in [-0.39, 0.29) is 5.91 Å². The quantitative estimate of drug-likeness (QED) is 0.816.